The Morgan fingerprint density at radius 3 is 2.42 bits per heavy atom. The summed E-state index contributed by atoms with van der Waals surface area (Å²) in [6.45, 7) is 2.56. The van der Waals surface area contributed by atoms with Gasteiger partial charge in [-0.25, -0.2) is 0 Å². The number of carbonyl (C=O) groups is 1. The molecule has 5 nitrogen and oxygen atoms in total. The van der Waals surface area contributed by atoms with E-state index in [0.29, 0.717) is 46.0 Å². The van der Waals surface area contributed by atoms with Crippen LogP contribution < -0.4 is 14.8 Å². The Kier molecular flexibility index (Phi) is 9.01. The third kappa shape index (κ3) is 7.13. The smallest absolute Gasteiger partial charge is 0.266 e. The van der Waals surface area contributed by atoms with Gasteiger partial charge in [-0.15, -0.1) is 0 Å². The largest absolute Gasteiger partial charge is 0.490 e. The van der Waals surface area contributed by atoms with Gasteiger partial charge in [0.2, 0.25) is 0 Å². The van der Waals surface area contributed by atoms with Crippen molar-refractivity contribution in [3.8, 4) is 17.6 Å². The molecule has 0 aliphatic carbocycles. The fourth-order valence-corrected chi connectivity index (χ4v) is 3.62. The predicted octanol–water partition coefficient (Wildman–Crippen LogP) is 7.12. The summed E-state index contributed by atoms with van der Waals surface area (Å²) >= 11 is 14.6. The number of halogens is 3. The lowest BCUT2D eigenvalue weighted by molar-refractivity contribution is -0.112. The molecule has 1 amide bonds. The lowest BCUT2D eigenvalue weighted by Gasteiger charge is -2.15. The van der Waals surface area contributed by atoms with Crippen molar-refractivity contribution in [1.82, 2.24) is 0 Å². The predicted molar refractivity (Wildman–Crippen MR) is 140 cm³/mol. The Balaban J connectivity index is 1.83. The number of nitriles is 1. The van der Waals surface area contributed by atoms with Crippen LogP contribution in [0.1, 0.15) is 18.1 Å². The lowest BCUT2D eigenvalue weighted by atomic mass is 10.1. The van der Waals surface area contributed by atoms with Crippen molar-refractivity contribution in [3.63, 3.8) is 0 Å². The Morgan fingerprint density at radius 2 is 1.79 bits per heavy atom. The van der Waals surface area contributed by atoms with Gasteiger partial charge >= 0.3 is 0 Å². The minimum Gasteiger partial charge on any atom is -0.490 e. The van der Waals surface area contributed by atoms with Crippen LogP contribution in [0, 0.1) is 14.9 Å². The van der Waals surface area contributed by atoms with Gasteiger partial charge in [-0.1, -0.05) is 35.3 Å². The molecule has 0 unspecified atom stereocenters. The molecule has 3 aromatic carbocycles. The zero-order valence-electron chi connectivity index (χ0n) is 17.6. The number of amides is 1. The van der Waals surface area contributed by atoms with E-state index in [-0.39, 0.29) is 5.57 Å². The first-order valence-corrected chi connectivity index (χ1v) is 11.8. The molecule has 8 heteroatoms. The molecule has 168 valence electrons. The summed E-state index contributed by atoms with van der Waals surface area (Å²) in [6.07, 6.45) is 1.45. The Hall–Kier alpha value is -2.73. The fraction of sp³-hybridized carbons (Fsp3) is 0.120. The van der Waals surface area contributed by atoms with Gasteiger partial charge in [0, 0.05) is 14.3 Å². The van der Waals surface area contributed by atoms with Gasteiger partial charge in [-0.05, 0) is 95.2 Å². The van der Waals surface area contributed by atoms with E-state index >= 15 is 0 Å². The zero-order valence-corrected chi connectivity index (χ0v) is 21.2. The fourth-order valence-electron chi connectivity index (χ4n) is 2.86. The molecule has 0 heterocycles. The van der Waals surface area contributed by atoms with Crippen molar-refractivity contribution in [2.24, 2.45) is 0 Å². The maximum atomic E-state index is 12.6. The molecule has 0 fully saturated rings. The molecule has 0 bridgehead atoms. The van der Waals surface area contributed by atoms with Crippen molar-refractivity contribution < 1.29 is 14.3 Å². The maximum absolute atomic E-state index is 12.6. The lowest BCUT2D eigenvalue weighted by Crippen LogP contribution is -2.13. The molecule has 0 spiro atoms. The van der Waals surface area contributed by atoms with E-state index in [9.17, 15) is 10.1 Å². The van der Waals surface area contributed by atoms with E-state index in [1.807, 2.05) is 37.3 Å². The van der Waals surface area contributed by atoms with Gasteiger partial charge in [0.05, 0.1) is 11.6 Å². The number of hydrogen-bond donors (Lipinski definition) is 1. The highest BCUT2D eigenvalue weighted by Crippen LogP contribution is 2.38. The minimum atomic E-state index is -0.548. The summed E-state index contributed by atoms with van der Waals surface area (Å²) in [5, 5.41) is 13.0. The molecule has 0 saturated carbocycles. The van der Waals surface area contributed by atoms with Crippen LogP contribution in [0.25, 0.3) is 6.08 Å². The number of hydrogen-bond acceptors (Lipinski definition) is 4. The zero-order chi connectivity index (χ0) is 23.8. The van der Waals surface area contributed by atoms with Crippen LogP contribution in [-0.4, -0.2) is 12.5 Å². The standard InChI is InChI=1S/C25H19Cl2IN2O3/c1-2-32-23-13-17(11-18(14-29)25(31)30-21-9-5-19(26)6-10-21)12-22(27)24(23)33-15-16-3-7-20(28)8-4-16/h3-13H,2,15H2,1H3,(H,30,31)/b18-11+. The van der Waals surface area contributed by atoms with Crippen LogP contribution >= 0.6 is 45.8 Å². The van der Waals surface area contributed by atoms with Gasteiger partial charge in [-0.2, -0.15) is 5.26 Å². The highest BCUT2D eigenvalue weighted by Gasteiger charge is 2.15. The number of nitrogens with zero attached hydrogens (tertiary/aromatic N) is 1. The molecule has 3 aromatic rings. The number of ether oxygens (including phenoxy) is 2. The van der Waals surface area contributed by atoms with Crippen LogP contribution in [0.3, 0.4) is 0 Å². The van der Waals surface area contributed by atoms with Gasteiger partial charge in [-0.3, -0.25) is 4.79 Å². The maximum Gasteiger partial charge on any atom is 0.266 e. The summed E-state index contributed by atoms with van der Waals surface area (Å²) in [6, 6.07) is 19.8. The highest BCUT2D eigenvalue weighted by atomic mass is 127. The summed E-state index contributed by atoms with van der Waals surface area (Å²) in [7, 11) is 0. The molecule has 1 N–H and O–H groups in total. The van der Waals surface area contributed by atoms with E-state index in [1.54, 1.807) is 36.4 Å². The first kappa shape index (κ1) is 24.9. The second-order valence-corrected chi connectivity index (χ2v) is 8.90. The minimum absolute atomic E-state index is 0.0870. The highest BCUT2D eigenvalue weighted by molar-refractivity contribution is 14.1. The SMILES string of the molecule is CCOc1cc(/C=C(\C#N)C(=O)Nc2ccc(Cl)cc2)cc(Cl)c1OCc1ccc(I)cc1. The molecule has 0 aliphatic rings. The first-order valence-electron chi connectivity index (χ1n) is 9.92. The van der Waals surface area contributed by atoms with Crippen molar-refractivity contribution in [3.05, 3.63) is 91.0 Å². The topological polar surface area (TPSA) is 71.3 Å². The van der Waals surface area contributed by atoms with Crippen LogP contribution in [0.4, 0.5) is 5.69 Å². The van der Waals surface area contributed by atoms with Gasteiger partial charge in [0.25, 0.3) is 5.91 Å². The summed E-state index contributed by atoms with van der Waals surface area (Å²) in [5.41, 5.74) is 1.96. The van der Waals surface area contributed by atoms with Gasteiger partial charge in [0.15, 0.2) is 11.5 Å². The Morgan fingerprint density at radius 1 is 1.09 bits per heavy atom. The molecular formula is C25H19Cl2IN2O3. The Bertz CT molecular complexity index is 1200. The number of rotatable bonds is 8. The Labute approximate surface area is 216 Å². The molecule has 0 radical (unpaired) electrons. The van der Waals surface area contributed by atoms with Crippen molar-refractivity contribution in [1.29, 1.82) is 5.26 Å². The summed E-state index contributed by atoms with van der Waals surface area (Å²) in [4.78, 5) is 12.6. The molecule has 0 saturated heterocycles. The third-order valence-corrected chi connectivity index (χ3v) is 5.66. The summed E-state index contributed by atoms with van der Waals surface area (Å²) < 4.78 is 12.8. The molecule has 0 atom stereocenters. The van der Waals surface area contributed by atoms with Crippen molar-refractivity contribution in [2.45, 2.75) is 13.5 Å². The number of benzene rings is 3. The second-order valence-electron chi connectivity index (χ2n) is 6.81. The van der Waals surface area contributed by atoms with Crippen LogP contribution in [0.15, 0.2) is 66.2 Å². The van der Waals surface area contributed by atoms with Crippen molar-refractivity contribution in [2.75, 3.05) is 11.9 Å². The first-order chi connectivity index (χ1) is 15.9. The molecule has 3 rings (SSSR count). The van der Waals surface area contributed by atoms with E-state index in [1.165, 1.54) is 6.08 Å². The number of carbonyl (C=O) groups excluding carboxylic acids is 1. The monoisotopic (exact) mass is 592 g/mol. The molecular weight excluding hydrogens is 574 g/mol. The van der Waals surface area contributed by atoms with Gasteiger partial charge < -0.3 is 14.8 Å². The average Bonchev–Trinajstić information content (AvgIpc) is 2.79. The number of anilines is 1. The quantitative estimate of drug-likeness (QED) is 0.172. The van der Waals surface area contributed by atoms with Crippen LogP contribution in [-0.2, 0) is 11.4 Å². The summed E-state index contributed by atoms with van der Waals surface area (Å²) in [5.74, 6) is 0.281. The van der Waals surface area contributed by atoms with Crippen LogP contribution in [0.2, 0.25) is 10.0 Å². The second kappa shape index (κ2) is 11.9. The molecule has 0 aromatic heterocycles. The molecule has 0 aliphatic heterocycles. The van der Waals surface area contributed by atoms with E-state index in [0.717, 1.165) is 9.13 Å². The normalized spacial score (nSPS) is 10.9. The van der Waals surface area contributed by atoms with E-state index < -0.39 is 5.91 Å². The molecule has 33 heavy (non-hydrogen) atoms. The third-order valence-electron chi connectivity index (χ3n) is 4.41. The van der Waals surface area contributed by atoms with Crippen molar-refractivity contribution >= 4 is 63.5 Å². The van der Waals surface area contributed by atoms with Gasteiger partial charge in [0.1, 0.15) is 18.2 Å². The number of nitrogens with one attached hydrogen (secondary N) is 1. The van der Waals surface area contributed by atoms with E-state index in [4.69, 9.17) is 32.7 Å². The average molecular weight is 593 g/mol. The van der Waals surface area contributed by atoms with E-state index in [2.05, 4.69) is 27.9 Å². The van der Waals surface area contributed by atoms with Crippen LogP contribution in [0.5, 0.6) is 11.5 Å².